The van der Waals surface area contributed by atoms with E-state index in [9.17, 15) is 19.3 Å². The van der Waals surface area contributed by atoms with Gasteiger partial charge in [-0.1, -0.05) is 30.3 Å². The molecule has 0 aliphatic heterocycles. The van der Waals surface area contributed by atoms with Gasteiger partial charge in [0.2, 0.25) is 0 Å². The Kier molecular flexibility index (Phi) is 7.54. The second kappa shape index (κ2) is 11.1. The Morgan fingerprint density at radius 1 is 1.08 bits per heavy atom. The second-order valence-electron chi connectivity index (χ2n) is 7.88. The number of aromatic amines is 1. The molecule has 4 aromatic rings. The fraction of sp³-hybridized carbons (Fsp3) is 0.154. The maximum absolute atomic E-state index is 12.5. The molecule has 0 bridgehead atoms. The molecule has 9 nitrogen and oxygen atoms in total. The van der Waals surface area contributed by atoms with Crippen LogP contribution in [-0.2, 0) is 6.61 Å². The van der Waals surface area contributed by atoms with Gasteiger partial charge in [-0.05, 0) is 48.4 Å². The van der Waals surface area contributed by atoms with E-state index in [-0.39, 0.29) is 24.5 Å². The van der Waals surface area contributed by atoms with Crippen LogP contribution in [0.5, 0.6) is 17.2 Å². The van der Waals surface area contributed by atoms with Crippen molar-refractivity contribution in [3.05, 3.63) is 99.7 Å². The third kappa shape index (κ3) is 5.84. The van der Waals surface area contributed by atoms with Crippen LogP contribution < -0.4 is 14.8 Å². The van der Waals surface area contributed by atoms with E-state index in [0.717, 1.165) is 11.1 Å². The second-order valence-corrected chi connectivity index (χ2v) is 7.88. The number of nitrogens with one attached hydrogen (secondary N) is 2. The van der Waals surface area contributed by atoms with E-state index in [1.165, 1.54) is 30.3 Å². The highest BCUT2D eigenvalue weighted by atomic mass is 19.1. The summed E-state index contributed by atoms with van der Waals surface area (Å²) in [4.78, 5) is 22.8. The fourth-order valence-corrected chi connectivity index (χ4v) is 3.50. The van der Waals surface area contributed by atoms with Crippen molar-refractivity contribution in [2.75, 3.05) is 13.2 Å². The number of carbonyl (C=O) groups is 1. The number of halogens is 1. The normalized spacial score (nSPS) is 10.6. The summed E-state index contributed by atoms with van der Waals surface area (Å²) >= 11 is 0. The number of nitro benzene ring substituents is 1. The Morgan fingerprint density at radius 3 is 2.50 bits per heavy atom. The first-order valence-corrected chi connectivity index (χ1v) is 11.1. The summed E-state index contributed by atoms with van der Waals surface area (Å²) in [5.74, 6) is 0.732. The van der Waals surface area contributed by atoms with Gasteiger partial charge in [0.25, 0.3) is 11.6 Å². The van der Waals surface area contributed by atoms with Gasteiger partial charge in [-0.15, -0.1) is 0 Å². The maximum Gasteiger partial charge on any atom is 0.271 e. The minimum absolute atomic E-state index is 0.0591. The Hall–Kier alpha value is -4.73. The minimum atomic E-state index is -0.689. The Bertz CT molecular complexity index is 1360. The first-order valence-electron chi connectivity index (χ1n) is 11.1. The number of benzene rings is 3. The first kappa shape index (κ1) is 24.4. The number of nitro groups is 1. The lowest BCUT2D eigenvalue weighted by Crippen LogP contribution is -2.25. The Morgan fingerprint density at radius 2 is 1.81 bits per heavy atom. The smallest absolute Gasteiger partial charge is 0.271 e. The molecular formula is C26H23FN4O5. The third-order valence-corrected chi connectivity index (χ3v) is 5.18. The van der Waals surface area contributed by atoms with Gasteiger partial charge in [0.05, 0.1) is 16.2 Å². The summed E-state index contributed by atoms with van der Waals surface area (Å²) < 4.78 is 24.7. The maximum atomic E-state index is 12.5. The predicted octanol–water partition coefficient (Wildman–Crippen LogP) is 5.36. The molecule has 0 unspecified atom stereocenters. The molecule has 4 rings (SSSR count). The number of H-pyrrole nitrogens is 1. The number of hydrogen-bond acceptors (Lipinski definition) is 6. The lowest BCUT2D eigenvalue weighted by atomic mass is 10.1. The van der Waals surface area contributed by atoms with Crippen molar-refractivity contribution in [1.29, 1.82) is 0 Å². The summed E-state index contributed by atoms with van der Waals surface area (Å²) in [5, 5.41) is 20.3. The van der Waals surface area contributed by atoms with E-state index in [1.807, 2.05) is 43.3 Å². The molecule has 184 valence electrons. The molecule has 0 saturated carbocycles. The van der Waals surface area contributed by atoms with Gasteiger partial charge in [0.1, 0.15) is 30.5 Å². The Labute approximate surface area is 206 Å². The van der Waals surface area contributed by atoms with Crippen molar-refractivity contribution in [1.82, 2.24) is 15.5 Å². The molecule has 0 fully saturated rings. The van der Waals surface area contributed by atoms with Gasteiger partial charge in [-0.2, -0.15) is 5.10 Å². The number of carbonyl (C=O) groups excluding carboxylic acids is 1. The lowest BCUT2D eigenvalue weighted by Gasteiger charge is -2.17. The van der Waals surface area contributed by atoms with Crippen molar-refractivity contribution in [3.63, 3.8) is 0 Å². The zero-order chi connectivity index (χ0) is 25.5. The zero-order valence-corrected chi connectivity index (χ0v) is 19.4. The molecule has 1 aromatic heterocycles. The minimum Gasteiger partial charge on any atom is -0.488 e. The fourth-order valence-electron chi connectivity index (χ4n) is 3.50. The molecular weight excluding hydrogens is 467 g/mol. The van der Waals surface area contributed by atoms with Crippen LogP contribution in [0, 0.1) is 17.0 Å². The van der Waals surface area contributed by atoms with E-state index in [2.05, 4.69) is 15.5 Å². The molecule has 36 heavy (non-hydrogen) atoms. The molecule has 0 saturated heterocycles. The summed E-state index contributed by atoms with van der Waals surface area (Å²) in [6.07, 6.45) is 0. The first-order chi connectivity index (χ1) is 17.4. The van der Waals surface area contributed by atoms with Crippen LogP contribution in [0.4, 0.5) is 10.1 Å². The van der Waals surface area contributed by atoms with Crippen LogP contribution in [-0.4, -0.2) is 34.2 Å². The van der Waals surface area contributed by atoms with Crippen molar-refractivity contribution < 1.29 is 23.6 Å². The van der Waals surface area contributed by atoms with Crippen LogP contribution in [0.15, 0.2) is 72.8 Å². The van der Waals surface area contributed by atoms with E-state index < -0.39 is 17.5 Å². The standard InChI is InChI=1S/C26H23FN4O5/c1-17-13-23(35-16-18-5-3-2-4-6-18)25(21-15-22(30-29-21)26(32)28-12-11-27)24(14-17)36-20-9-7-19(8-10-20)31(33)34/h2-10,13-15H,11-12,16H2,1H3,(H,28,32)(H,29,30). The van der Waals surface area contributed by atoms with Gasteiger partial charge in [-0.25, -0.2) is 4.39 Å². The van der Waals surface area contributed by atoms with Crippen LogP contribution in [0.3, 0.4) is 0 Å². The van der Waals surface area contributed by atoms with Crippen LogP contribution in [0.25, 0.3) is 11.3 Å². The quantitative estimate of drug-likeness (QED) is 0.228. The van der Waals surface area contributed by atoms with Gasteiger partial charge in [0.15, 0.2) is 5.69 Å². The molecule has 0 spiro atoms. The molecule has 0 atom stereocenters. The highest BCUT2D eigenvalue weighted by Crippen LogP contribution is 2.41. The third-order valence-electron chi connectivity index (χ3n) is 5.18. The Balaban J connectivity index is 1.72. The van der Waals surface area contributed by atoms with Crippen molar-refractivity contribution >= 4 is 11.6 Å². The highest BCUT2D eigenvalue weighted by Gasteiger charge is 2.20. The van der Waals surface area contributed by atoms with E-state index >= 15 is 0 Å². The van der Waals surface area contributed by atoms with Crippen LogP contribution >= 0.6 is 0 Å². The number of hydrogen-bond donors (Lipinski definition) is 2. The van der Waals surface area contributed by atoms with Crippen molar-refractivity contribution in [2.45, 2.75) is 13.5 Å². The number of rotatable bonds is 10. The number of nitrogens with zero attached hydrogens (tertiary/aromatic N) is 2. The highest BCUT2D eigenvalue weighted by molar-refractivity contribution is 5.93. The molecule has 3 aromatic carbocycles. The van der Waals surface area contributed by atoms with E-state index in [1.54, 1.807) is 6.07 Å². The zero-order valence-electron chi connectivity index (χ0n) is 19.4. The number of amides is 1. The van der Waals surface area contributed by atoms with E-state index in [0.29, 0.717) is 28.5 Å². The summed E-state index contributed by atoms with van der Waals surface area (Å²) in [6.45, 7) is 1.36. The van der Waals surface area contributed by atoms with Gasteiger partial charge >= 0.3 is 0 Å². The van der Waals surface area contributed by atoms with E-state index in [4.69, 9.17) is 9.47 Å². The molecule has 0 aliphatic carbocycles. The summed E-state index contributed by atoms with van der Waals surface area (Å²) in [7, 11) is 0. The lowest BCUT2D eigenvalue weighted by molar-refractivity contribution is -0.384. The molecule has 0 radical (unpaired) electrons. The number of ether oxygens (including phenoxy) is 2. The van der Waals surface area contributed by atoms with Gasteiger partial charge in [0, 0.05) is 18.7 Å². The van der Waals surface area contributed by atoms with Crippen molar-refractivity contribution in [2.24, 2.45) is 0 Å². The number of aryl methyl sites for hydroxylation is 1. The average molecular weight is 490 g/mol. The summed E-state index contributed by atoms with van der Waals surface area (Å²) in [5.41, 5.74) is 2.77. The predicted molar refractivity (Wildman–Crippen MR) is 131 cm³/mol. The molecule has 10 heteroatoms. The average Bonchev–Trinajstić information content (AvgIpc) is 3.36. The largest absolute Gasteiger partial charge is 0.488 e. The number of non-ortho nitro benzene ring substituents is 1. The van der Waals surface area contributed by atoms with Crippen LogP contribution in [0.2, 0.25) is 0 Å². The number of aromatic nitrogens is 2. The topological polar surface area (TPSA) is 119 Å². The van der Waals surface area contributed by atoms with Crippen LogP contribution in [0.1, 0.15) is 21.6 Å². The molecule has 1 amide bonds. The number of alkyl halides is 1. The monoisotopic (exact) mass is 490 g/mol. The van der Waals surface area contributed by atoms with Gasteiger partial charge < -0.3 is 14.8 Å². The van der Waals surface area contributed by atoms with Crippen molar-refractivity contribution in [3.8, 4) is 28.5 Å². The van der Waals surface area contributed by atoms with Gasteiger partial charge in [-0.3, -0.25) is 20.0 Å². The molecule has 2 N–H and O–H groups in total. The molecule has 1 heterocycles. The summed E-state index contributed by atoms with van der Waals surface area (Å²) in [6, 6.07) is 20.5. The molecule has 0 aliphatic rings. The SMILES string of the molecule is Cc1cc(OCc2ccccc2)c(-c2cc(C(=O)NCCF)n[nH]2)c(Oc2ccc([N+](=O)[O-])cc2)c1.